The molecular weight excluding hydrogens is 466 g/mol. The molecule has 5 unspecified atom stereocenters. The predicted octanol–water partition coefficient (Wildman–Crippen LogP) is 3.95. The fraction of sp³-hybridized carbons (Fsp3) is 0.654. The predicted molar refractivity (Wildman–Crippen MR) is 135 cm³/mol. The second-order valence-electron chi connectivity index (χ2n) is 10.6. The first-order valence-electron chi connectivity index (χ1n) is 12.9. The molecule has 5 atom stereocenters. The molecule has 8 nitrogen and oxygen atoms in total. The average Bonchev–Trinajstić information content (AvgIpc) is 3.15. The summed E-state index contributed by atoms with van der Waals surface area (Å²) in [5.74, 6) is 0.0931. The van der Waals surface area contributed by atoms with Crippen molar-refractivity contribution in [2.24, 2.45) is 17.8 Å². The number of carbonyl (C=O) groups is 3. The normalized spacial score (nSPS) is 27.2. The van der Waals surface area contributed by atoms with E-state index in [2.05, 4.69) is 24.6 Å². The molecule has 1 aliphatic carbocycles. The van der Waals surface area contributed by atoms with Gasteiger partial charge in [-0.05, 0) is 62.6 Å². The minimum Gasteiger partial charge on any atom is -0.353 e. The van der Waals surface area contributed by atoms with E-state index in [1.165, 1.54) is 0 Å². The van der Waals surface area contributed by atoms with E-state index in [9.17, 15) is 14.4 Å². The Kier molecular flexibility index (Phi) is 7.91. The van der Waals surface area contributed by atoms with Gasteiger partial charge in [0.05, 0.1) is 12.5 Å². The van der Waals surface area contributed by atoms with Gasteiger partial charge in [0.2, 0.25) is 11.8 Å². The van der Waals surface area contributed by atoms with Crippen molar-refractivity contribution in [2.75, 3.05) is 6.54 Å². The van der Waals surface area contributed by atoms with E-state index < -0.39 is 6.29 Å². The number of halogens is 1. The number of benzene rings is 1. The Hall–Kier alpha value is -2.32. The van der Waals surface area contributed by atoms with Gasteiger partial charge >= 0.3 is 6.03 Å². The third-order valence-corrected chi connectivity index (χ3v) is 7.88. The van der Waals surface area contributed by atoms with Crippen molar-refractivity contribution in [3.05, 3.63) is 34.9 Å². The number of carbonyl (C=O) groups excluding carboxylic acids is 3. The number of hydrazine groups is 1. The molecule has 4 rings (SSSR count). The van der Waals surface area contributed by atoms with Crippen LogP contribution in [0.3, 0.4) is 0 Å². The maximum absolute atomic E-state index is 13.7. The van der Waals surface area contributed by atoms with E-state index in [1.54, 1.807) is 17.1 Å². The van der Waals surface area contributed by atoms with Crippen molar-refractivity contribution in [3.63, 3.8) is 0 Å². The number of urea groups is 1. The monoisotopic (exact) mass is 503 g/mol. The Balaban J connectivity index is 1.57. The second kappa shape index (κ2) is 10.7. The zero-order chi connectivity index (χ0) is 25.3. The van der Waals surface area contributed by atoms with E-state index in [4.69, 9.17) is 11.6 Å². The Morgan fingerprint density at radius 3 is 2.54 bits per heavy atom. The molecule has 3 fully saturated rings. The van der Waals surface area contributed by atoms with Crippen LogP contribution < -0.4 is 10.7 Å². The number of nitrogens with one attached hydrogen (secondary N) is 2. The second-order valence-corrected chi connectivity index (χ2v) is 11.1. The molecule has 1 aromatic carbocycles. The highest BCUT2D eigenvalue weighted by Gasteiger charge is 2.55. The van der Waals surface area contributed by atoms with Gasteiger partial charge in [0, 0.05) is 29.6 Å². The summed E-state index contributed by atoms with van der Waals surface area (Å²) < 4.78 is 0. The first kappa shape index (κ1) is 25.8. The van der Waals surface area contributed by atoms with Crippen LogP contribution in [0.2, 0.25) is 5.02 Å². The molecule has 35 heavy (non-hydrogen) atoms. The Morgan fingerprint density at radius 2 is 1.89 bits per heavy atom. The summed E-state index contributed by atoms with van der Waals surface area (Å²) in [6, 6.07) is 7.08. The number of hydrogen-bond donors (Lipinski definition) is 2. The van der Waals surface area contributed by atoms with Gasteiger partial charge in [-0.15, -0.1) is 0 Å². The molecule has 0 bridgehead atoms. The molecule has 2 heterocycles. The quantitative estimate of drug-likeness (QED) is 0.562. The maximum Gasteiger partial charge on any atom is 0.337 e. The average molecular weight is 504 g/mol. The van der Waals surface area contributed by atoms with E-state index in [0.29, 0.717) is 43.3 Å². The van der Waals surface area contributed by atoms with Crippen LogP contribution in [0.5, 0.6) is 0 Å². The van der Waals surface area contributed by atoms with Crippen molar-refractivity contribution < 1.29 is 14.4 Å². The van der Waals surface area contributed by atoms with Gasteiger partial charge in [0.25, 0.3) is 0 Å². The highest BCUT2D eigenvalue weighted by Crippen LogP contribution is 2.40. The number of hydrogen-bond acceptors (Lipinski definition) is 4. The summed E-state index contributed by atoms with van der Waals surface area (Å²) in [7, 11) is 0. The van der Waals surface area contributed by atoms with Gasteiger partial charge < -0.3 is 10.2 Å². The summed E-state index contributed by atoms with van der Waals surface area (Å²) in [5.41, 5.74) is 4.26. The fourth-order valence-corrected chi connectivity index (χ4v) is 5.46. The number of nitrogens with zero attached hydrogens (tertiary/aromatic N) is 3. The minimum atomic E-state index is -0.529. The van der Waals surface area contributed by atoms with Gasteiger partial charge in [-0.1, -0.05) is 44.5 Å². The van der Waals surface area contributed by atoms with Gasteiger partial charge in [0.1, 0.15) is 0 Å². The van der Waals surface area contributed by atoms with Crippen LogP contribution in [0, 0.1) is 17.8 Å². The molecule has 0 radical (unpaired) electrons. The third-order valence-electron chi connectivity index (χ3n) is 7.63. The zero-order valence-corrected chi connectivity index (χ0v) is 21.9. The fourth-order valence-electron chi connectivity index (χ4n) is 5.34. The Labute approximate surface area is 213 Å². The first-order chi connectivity index (χ1) is 16.7. The van der Waals surface area contributed by atoms with Crippen LogP contribution in [0.4, 0.5) is 4.79 Å². The SMILES string of the molecule is CCC(C)NC(=O)C1CCC2C(=O)N(CCC(C)C)C3NN(Cc4ccc(Cl)cc4)C(=O)N3C2C1. The topological polar surface area (TPSA) is 85.0 Å². The van der Waals surface area contributed by atoms with Crippen LogP contribution in [0.25, 0.3) is 0 Å². The highest BCUT2D eigenvalue weighted by atomic mass is 35.5. The highest BCUT2D eigenvalue weighted by molar-refractivity contribution is 6.30. The van der Waals surface area contributed by atoms with Crippen molar-refractivity contribution >= 4 is 29.4 Å². The summed E-state index contributed by atoms with van der Waals surface area (Å²) in [4.78, 5) is 43.9. The lowest BCUT2D eigenvalue weighted by atomic mass is 9.75. The van der Waals surface area contributed by atoms with Crippen LogP contribution in [0.1, 0.15) is 65.4 Å². The smallest absolute Gasteiger partial charge is 0.337 e. The Bertz CT molecular complexity index is 939. The molecule has 0 spiro atoms. The molecule has 4 amide bonds. The first-order valence-corrected chi connectivity index (χ1v) is 13.3. The Morgan fingerprint density at radius 1 is 1.17 bits per heavy atom. The molecule has 192 valence electrons. The number of rotatable bonds is 8. The summed E-state index contributed by atoms with van der Waals surface area (Å²) in [6.07, 6.45) is 2.99. The largest absolute Gasteiger partial charge is 0.353 e. The van der Waals surface area contributed by atoms with E-state index >= 15 is 0 Å². The molecular formula is C26H38ClN5O3. The van der Waals surface area contributed by atoms with Crippen molar-refractivity contribution in [2.45, 2.75) is 84.7 Å². The van der Waals surface area contributed by atoms with Gasteiger partial charge in [-0.3, -0.25) is 19.5 Å². The minimum absolute atomic E-state index is 0.0293. The molecule has 1 saturated carbocycles. The summed E-state index contributed by atoms with van der Waals surface area (Å²) in [6.45, 7) is 9.27. The van der Waals surface area contributed by atoms with Crippen LogP contribution in [0.15, 0.2) is 24.3 Å². The molecule has 2 saturated heterocycles. The molecule has 1 aromatic rings. The molecule has 3 aliphatic rings. The van der Waals surface area contributed by atoms with Crippen LogP contribution in [-0.2, 0) is 16.1 Å². The van der Waals surface area contributed by atoms with E-state index in [1.807, 2.05) is 35.8 Å². The van der Waals surface area contributed by atoms with Crippen molar-refractivity contribution in [3.8, 4) is 0 Å². The summed E-state index contributed by atoms with van der Waals surface area (Å²) in [5, 5.41) is 5.32. The molecule has 2 aliphatic heterocycles. The van der Waals surface area contributed by atoms with Crippen LogP contribution >= 0.6 is 11.6 Å². The molecule has 9 heteroatoms. The standard InChI is InChI=1S/C26H38ClN5O3/c1-5-17(4)28-23(33)19-8-11-21-22(14-19)32-25(30(24(21)34)13-12-16(2)3)29-31(26(32)35)15-18-6-9-20(27)10-7-18/h6-7,9-10,16-17,19,21-22,25,29H,5,8,11-15H2,1-4H3,(H,28,33). The lowest BCUT2D eigenvalue weighted by Gasteiger charge is -2.50. The maximum atomic E-state index is 13.7. The number of amides is 4. The lowest BCUT2D eigenvalue weighted by molar-refractivity contribution is -0.159. The van der Waals surface area contributed by atoms with Gasteiger partial charge in [-0.25, -0.2) is 4.79 Å². The van der Waals surface area contributed by atoms with Crippen molar-refractivity contribution in [1.29, 1.82) is 0 Å². The number of fused-ring (bicyclic) bond motifs is 3. The molecule has 2 N–H and O–H groups in total. The third kappa shape index (κ3) is 5.43. The lowest BCUT2D eigenvalue weighted by Crippen LogP contribution is -2.67. The summed E-state index contributed by atoms with van der Waals surface area (Å²) >= 11 is 6.03. The zero-order valence-electron chi connectivity index (χ0n) is 21.2. The van der Waals surface area contributed by atoms with Gasteiger partial charge in [-0.2, -0.15) is 5.43 Å². The van der Waals surface area contributed by atoms with Gasteiger partial charge in [0.15, 0.2) is 6.29 Å². The van der Waals surface area contributed by atoms with E-state index in [-0.39, 0.29) is 41.8 Å². The van der Waals surface area contributed by atoms with Crippen LogP contribution in [-0.4, -0.2) is 57.6 Å². The van der Waals surface area contributed by atoms with Crippen molar-refractivity contribution in [1.82, 2.24) is 25.6 Å². The van der Waals surface area contributed by atoms with E-state index in [0.717, 1.165) is 18.4 Å². The molecule has 0 aromatic heterocycles.